The zero-order chi connectivity index (χ0) is 33.2. The molecule has 1 aromatic heterocycles. The van der Waals surface area contributed by atoms with Crippen LogP contribution in [0, 0.1) is 0 Å². The van der Waals surface area contributed by atoms with Crippen molar-refractivity contribution in [1.82, 2.24) is 4.98 Å². The molecule has 234 valence electrons. The number of carboxylic acid groups (broad SMARTS) is 2. The number of hydrogen-bond donors (Lipinski definition) is 4. The molecule has 3 aromatic carbocycles. The molecule has 0 bridgehead atoms. The Kier molecular flexibility index (Phi) is 11.9. The van der Waals surface area contributed by atoms with E-state index in [1.54, 1.807) is 6.07 Å². The van der Waals surface area contributed by atoms with Gasteiger partial charge in [-0.1, -0.05) is 42.5 Å². The van der Waals surface area contributed by atoms with Gasteiger partial charge in [-0.15, -0.1) is 11.3 Å². The highest BCUT2D eigenvalue weighted by molar-refractivity contribution is 7.20. The van der Waals surface area contributed by atoms with Crippen molar-refractivity contribution in [3.8, 4) is 0 Å². The average Bonchev–Trinajstić information content (AvgIpc) is 3.40. The van der Waals surface area contributed by atoms with Crippen LogP contribution in [-0.2, 0) is 22.3 Å². The van der Waals surface area contributed by atoms with Gasteiger partial charge in [-0.25, -0.2) is 9.78 Å². The average molecular weight is 645 g/mol. The first-order valence-electron chi connectivity index (χ1n) is 11.9. The van der Waals surface area contributed by atoms with Gasteiger partial charge >= 0.3 is 24.3 Å². The summed E-state index contributed by atoms with van der Waals surface area (Å²) in [6.45, 7) is -1.31. The molecule has 17 heteroatoms. The molecule has 0 atom stereocenters. The molecule has 0 saturated heterocycles. The van der Waals surface area contributed by atoms with Crippen molar-refractivity contribution < 1.29 is 55.7 Å². The molecule has 44 heavy (non-hydrogen) atoms. The number of fused-ring (bicyclic) bond motifs is 1. The van der Waals surface area contributed by atoms with E-state index < -0.39 is 60.4 Å². The first-order chi connectivity index (χ1) is 20.5. The van der Waals surface area contributed by atoms with Gasteiger partial charge < -0.3 is 21.7 Å². The minimum atomic E-state index is -5.08. The number of rotatable bonds is 6. The van der Waals surface area contributed by atoms with Gasteiger partial charge in [0.25, 0.3) is 11.8 Å². The first-order valence-corrected chi connectivity index (χ1v) is 12.7. The third kappa shape index (κ3) is 9.77. The SMILES string of the molecule is NC(=O)c1nc2ccccc2s1.NCc1cccc(N(CC(=O)O)C(=O)c2ccccc2)c1C(F)(F)F.O=C(O)C(F)(F)F. The number of hydrogen-bond acceptors (Lipinski definition) is 7. The summed E-state index contributed by atoms with van der Waals surface area (Å²) in [6, 6.07) is 18.6. The van der Waals surface area contributed by atoms with E-state index >= 15 is 0 Å². The zero-order valence-corrected chi connectivity index (χ0v) is 22.9. The molecule has 0 fully saturated rings. The third-order valence-electron chi connectivity index (χ3n) is 5.23. The Bertz CT molecular complexity index is 1590. The number of amides is 2. The van der Waals surface area contributed by atoms with Crippen molar-refractivity contribution in [2.75, 3.05) is 11.4 Å². The predicted octanol–water partition coefficient (Wildman–Crippen LogP) is 4.92. The maximum Gasteiger partial charge on any atom is 0.490 e. The highest BCUT2D eigenvalue weighted by Gasteiger charge is 2.39. The quantitative estimate of drug-likeness (QED) is 0.214. The molecule has 4 aromatic rings. The lowest BCUT2D eigenvalue weighted by Crippen LogP contribution is -2.37. The highest BCUT2D eigenvalue weighted by Crippen LogP contribution is 2.39. The molecule has 1 heterocycles. The minimum Gasteiger partial charge on any atom is -0.480 e. The lowest BCUT2D eigenvalue weighted by molar-refractivity contribution is -0.192. The molecule has 6 N–H and O–H groups in total. The fourth-order valence-electron chi connectivity index (χ4n) is 3.42. The number of nitrogens with zero attached hydrogens (tertiary/aromatic N) is 2. The molecule has 0 saturated carbocycles. The second-order valence-corrected chi connectivity index (χ2v) is 9.35. The number of para-hydroxylation sites is 1. The minimum absolute atomic E-state index is 0.0787. The first kappa shape index (κ1) is 35.2. The van der Waals surface area contributed by atoms with Crippen molar-refractivity contribution in [3.63, 3.8) is 0 Å². The van der Waals surface area contributed by atoms with Crippen LogP contribution in [0.1, 0.15) is 31.3 Å². The van der Waals surface area contributed by atoms with Crippen molar-refractivity contribution in [1.29, 1.82) is 0 Å². The maximum atomic E-state index is 13.5. The van der Waals surface area contributed by atoms with Gasteiger partial charge in [-0.05, 0) is 35.9 Å². The van der Waals surface area contributed by atoms with Crippen LogP contribution in [0.2, 0.25) is 0 Å². The molecule has 10 nitrogen and oxygen atoms in total. The standard InChI is InChI=1S/C17H15F3N2O3.C8H6N2OS.C2HF3O2/c18-17(19,20)15-12(9-21)7-4-8-13(15)22(10-14(23)24)16(25)11-5-2-1-3-6-11;9-7(11)8-10-5-3-1-2-4-6(5)12-8;3-2(4,5)1(6)7/h1-8H,9-10,21H2,(H,23,24);1-4H,(H2,9,11);(H,6,7). The van der Waals surface area contributed by atoms with Crippen molar-refractivity contribution in [3.05, 3.63) is 94.5 Å². The number of nitrogens with two attached hydrogens (primary N) is 2. The lowest BCUT2D eigenvalue weighted by atomic mass is 10.0. The van der Waals surface area contributed by atoms with Gasteiger partial charge in [-0.3, -0.25) is 19.3 Å². The number of benzene rings is 3. The fourth-order valence-corrected chi connectivity index (χ4v) is 4.24. The number of anilines is 1. The summed E-state index contributed by atoms with van der Waals surface area (Å²) >= 11 is 1.32. The monoisotopic (exact) mass is 644 g/mol. The number of aromatic nitrogens is 1. The van der Waals surface area contributed by atoms with E-state index in [4.69, 9.17) is 26.5 Å². The van der Waals surface area contributed by atoms with Crippen molar-refractivity contribution in [2.45, 2.75) is 18.9 Å². The van der Waals surface area contributed by atoms with Crippen LogP contribution < -0.4 is 16.4 Å². The summed E-state index contributed by atoms with van der Waals surface area (Å²) in [5.74, 6) is -5.50. The van der Waals surface area contributed by atoms with Crippen LogP contribution >= 0.6 is 11.3 Å². The molecule has 4 rings (SSSR count). The largest absolute Gasteiger partial charge is 0.490 e. The lowest BCUT2D eigenvalue weighted by Gasteiger charge is -2.26. The van der Waals surface area contributed by atoms with Gasteiger partial charge in [0.1, 0.15) is 6.54 Å². The van der Waals surface area contributed by atoms with E-state index in [1.165, 1.54) is 47.7 Å². The van der Waals surface area contributed by atoms with Crippen LogP contribution in [0.25, 0.3) is 10.2 Å². The second-order valence-electron chi connectivity index (χ2n) is 8.32. The molecule has 2 amide bonds. The number of carboxylic acids is 2. The van der Waals surface area contributed by atoms with Gasteiger partial charge in [0, 0.05) is 12.1 Å². The molecule has 0 aliphatic rings. The van der Waals surface area contributed by atoms with E-state index in [1.807, 2.05) is 24.3 Å². The molecule has 0 unspecified atom stereocenters. The van der Waals surface area contributed by atoms with Gasteiger partial charge in [-0.2, -0.15) is 26.3 Å². The van der Waals surface area contributed by atoms with E-state index in [2.05, 4.69) is 4.98 Å². The number of alkyl halides is 6. The van der Waals surface area contributed by atoms with Crippen molar-refractivity contribution >= 4 is 51.0 Å². The van der Waals surface area contributed by atoms with Crippen LogP contribution in [0.3, 0.4) is 0 Å². The number of carbonyl (C=O) groups excluding carboxylic acids is 2. The summed E-state index contributed by atoms with van der Waals surface area (Å²) < 4.78 is 73.3. The van der Waals surface area contributed by atoms with E-state index in [9.17, 15) is 40.7 Å². The Morgan fingerprint density at radius 3 is 1.89 bits per heavy atom. The number of thiazole rings is 1. The van der Waals surface area contributed by atoms with Crippen molar-refractivity contribution in [2.24, 2.45) is 11.5 Å². The maximum absolute atomic E-state index is 13.5. The summed E-state index contributed by atoms with van der Waals surface area (Å²) in [7, 11) is 0. The summed E-state index contributed by atoms with van der Waals surface area (Å²) in [5, 5.41) is 16.6. The van der Waals surface area contributed by atoms with Gasteiger partial charge in [0.15, 0.2) is 5.01 Å². The number of primary amides is 1. The van der Waals surface area contributed by atoms with E-state index in [0.29, 0.717) is 9.91 Å². The van der Waals surface area contributed by atoms with Crippen LogP contribution in [0.4, 0.5) is 32.0 Å². The highest BCUT2D eigenvalue weighted by atomic mass is 32.1. The molecule has 0 radical (unpaired) electrons. The Balaban J connectivity index is 0.000000291. The summed E-state index contributed by atoms with van der Waals surface area (Å²) in [6.07, 6.45) is -9.88. The van der Waals surface area contributed by atoms with E-state index in [-0.39, 0.29) is 11.1 Å². The Morgan fingerprint density at radius 1 is 0.841 bits per heavy atom. The second kappa shape index (κ2) is 14.9. The molecular formula is C27H22F6N4O6S. The molecule has 0 spiro atoms. The number of aliphatic carboxylic acids is 2. The topological polar surface area (TPSA) is 177 Å². The van der Waals surface area contributed by atoms with Crippen LogP contribution in [-0.4, -0.2) is 51.7 Å². The smallest absolute Gasteiger partial charge is 0.480 e. The molecule has 0 aliphatic carbocycles. The van der Waals surface area contributed by atoms with Crippen LogP contribution in [0.15, 0.2) is 72.8 Å². The third-order valence-corrected chi connectivity index (χ3v) is 6.28. The van der Waals surface area contributed by atoms with Gasteiger partial charge in [0.05, 0.1) is 21.5 Å². The normalized spacial score (nSPS) is 11.0. The Hall–Kier alpha value is -5.03. The number of halogens is 6. The van der Waals surface area contributed by atoms with Gasteiger partial charge in [0.2, 0.25) is 0 Å². The summed E-state index contributed by atoms with van der Waals surface area (Å²) in [4.78, 5) is 48.0. The Morgan fingerprint density at radius 2 is 1.41 bits per heavy atom. The zero-order valence-electron chi connectivity index (χ0n) is 22.1. The fraction of sp³-hybridized carbons (Fsp3) is 0.148. The number of carbonyl (C=O) groups is 4. The predicted molar refractivity (Wildman–Crippen MR) is 147 cm³/mol. The molecular weight excluding hydrogens is 622 g/mol. The van der Waals surface area contributed by atoms with Crippen LogP contribution in [0.5, 0.6) is 0 Å². The molecule has 0 aliphatic heterocycles. The Labute approximate surface area is 248 Å². The summed E-state index contributed by atoms with van der Waals surface area (Å²) in [5.41, 5.74) is 9.52. The van der Waals surface area contributed by atoms with E-state index in [0.717, 1.165) is 16.3 Å².